The quantitative estimate of drug-likeness (QED) is 0.731. The first-order valence-corrected chi connectivity index (χ1v) is 8.13. The van der Waals surface area contributed by atoms with Crippen LogP contribution in [0.2, 0.25) is 0 Å². The number of hydrogen-bond acceptors (Lipinski definition) is 3. The molecule has 27 heavy (non-hydrogen) atoms. The van der Waals surface area contributed by atoms with Crippen molar-refractivity contribution in [3.05, 3.63) is 54.1 Å². The lowest BCUT2D eigenvalue weighted by molar-refractivity contribution is -0.274. The van der Waals surface area contributed by atoms with Gasteiger partial charge in [-0.2, -0.15) is 0 Å². The van der Waals surface area contributed by atoms with E-state index in [2.05, 4.69) is 20.7 Å². The molecule has 0 bridgehead atoms. The summed E-state index contributed by atoms with van der Waals surface area (Å²) >= 11 is 0. The summed E-state index contributed by atoms with van der Waals surface area (Å²) in [5.41, 5.74) is 1.19. The van der Waals surface area contributed by atoms with Gasteiger partial charge in [-0.05, 0) is 61.4 Å². The highest BCUT2D eigenvalue weighted by atomic mass is 19.4. The molecule has 1 fully saturated rings. The molecule has 1 aliphatic rings. The average Bonchev–Trinajstić information content (AvgIpc) is 3.40. The standard InChI is InChI=1S/C18H16F3N3O3/c19-18(20,21)27-15-9-7-12(8-10-15)22-16(25)11-1-3-13(4-2-11)23-17(26)24-14-5-6-14/h1-4,7-10,14H,5-6H2,(H,22,25)(H2,23,24,26). The average molecular weight is 379 g/mol. The summed E-state index contributed by atoms with van der Waals surface area (Å²) in [5, 5.41) is 8.01. The third kappa shape index (κ3) is 5.91. The summed E-state index contributed by atoms with van der Waals surface area (Å²) < 4.78 is 40.2. The van der Waals surface area contributed by atoms with Crippen molar-refractivity contribution in [3.8, 4) is 5.75 Å². The van der Waals surface area contributed by atoms with Crippen LogP contribution in [0.15, 0.2) is 48.5 Å². The van der Waals surface area contributed by atoms with Crippen molar-refractivity contribution in [2.24, 2.45) is 0 Å². The van der Waals surface area contributed by atoms with Crippen molar-refractivity contribution in [3.63, 3.8) is 0 Å². The van der Waals surface area contributed by atoms with E-state index in [1.165, 1.54) is 24.3 Å². The van der Waals surface area contributed by atoms with Gasteiger partial charge in [0.05, 0.1) is 0 Å². The van der Waals surface area contributed by atoms with Crippen LogP contribution in [0.3, 0.4) is 0 Å². The van der Waals surface area contributed by atoms with Gasteiger partial charge >= 0.3 is 12.4 Å². The molecule has 0 aromatic heterocycles. The monoisotopic (exact) mass is 379 g/mol. The maximum atomic E-state index is 12.2. The minimum Gasteiger partial charge on any atom is -0.406 e. The Hall–Kier alpha value is -3.23. The lowest BCUT2D eigenvalue weighted by Gasteiger charge is -2.10. The van der Waals surface area contributed by atoms with Crippen molar-refractivity contribution >= 4 is 23.3 Å². The zero-order valence-corrected chi connectivity index (χ0v) is 14.0. The molecular formula is C18H16F3N3O3. The minimum atomic E-state index is -4.77. The second-order valence-corrected chi connectivity index (χ2v) is 5.98. The van der Waals surface area contributed by atoms with Gasteiger partial charge in [-0.3, -0.25) is 4.79 Å². The molecule has 2 aromatic carbocycles. The molecule has 3 rings (SSSR count). The van der Waals surface area contributed by atoms with Gasteiger partial charge in [0.15, 0.2) is 0 Å². The number of hydrogen-bond donors (Lipinski definition) is 3. The molecule has 1 saturated carbocycles. The van der Waals surface area contributed by atoms with Crippen molar-refractivity contribution in [1.82, 2.24) is 5.32 Å². The van der Waals surface area contributed by atoms with E-state index in [-0.39, 0.29) is 17.8 Å². The molecule has 0 saturated heterocycles. The number of carbonyl (C=O) groups excluding carboxylic acids is 2. The van der Waals surface area contributed by atoms with Crippen molar-refractivity contribution < 1.29 is 27.5 Å². The summed E-state index contributed by atoms with van der Waals surface area (Å²) in [4.78, 5) is 23.8. The second-order valence-electron chi connectivity index (χ2n) is 5.98. The summed E-state index contributed by atoms with van der Waals surface area (Å²) in [6, 6.07) is 11.0. The van der Waals surface area contributed by atoms with Crippen LogP contribution >= 0.6 is 0 Å². The molecule has 0 heterocycles. The van der Waals surface area contributed by atoms with Crippen LogP contribution in [0.25, 0.3) is 0 Å². The Bertz CT molecular complexity index is 816. The van der Waals surface area contributed by atoms with Gasteiger partial charge in [-0.1, -0.05) is 0 Å². The number of urea groups is 1. The maximum absolute atomic E-state index is 12.2. The van der Waals surface area contributed by atoms with E-state index >= 15 is 0 Å². The third-order valence-corrected chi connectivity index (χ3v) is 3.66. The van der Waals surface area contributed by atoms with Gasteiger partial charge in [-0.15, -0.1) is 13.2 Å². The molecule has 0 atom stereocenters. The minimum absolute atomic E-state index is 0.239. The fourth-order valence-electron chi connectivity index (χ4n) is 2.23. The normalized spacial score (nSPS) is 13.6. The van der Waals surface area contributed by atoms with Gasteiger partial charge in [0, 0.05) is 23.0 Å². The summed E-state index contributed by atoms with van der Waals surface area (Å²) in [5.74, 6) is -0.811. The molecule has 1 aliphatic carbocycles. The third-order valence-electron chi connectivity index (χ3n) is 3.66. The Morgan fingerprint density at radius 3 is 2.00 bits per heavy atom. The van der Waals surface area contributed by atoms with Gasteiger partial charge in [0.2, 0.25) is 0 Å². The molecule has 9 heteroatoms. The van der Waals surface area contributed by atoms with Crippen LogP contribution in [0.1, 0.15) is 23.2 Å². The molecule has 2 aromatic rings. The SMILES string of the molecule is O=C(Nc1ccc(C(=O)Nc2ccc(OC(F)(F)F)cc2)cc1)NC1CC1. The van der Waals surface area contributed by atoms with Crippen LogP contribution in [0.5, 0.6) is 5.75 Å². The first-order chi connectivity index (χ1) is 12.8. The molecule has 0 unspecified atom stereocenters. The number of anilines is 2. The molecule has 142 valence electrons. The Morgan fingerprint density at radius 2 is 1.44 bits per heavy atom. The Balaban J connectivity index is 1.55. The molecule has 6 nitrogen and oxygen atoms in total. The first kappa shape index (κ1) is 18.6. The number of alkyl halides is 3. The lowest BCUT2D eigenvalue weighted by Crippen LogP contribution is -2.30. The van der Waals surface area contributed by atoms with Crippen molar-refractivity contribution in [2.75, 3.05) is 10.6 Å². The van der Waals surface area contributed by atoms with E-state index in [0.29, 0.717) is 16.9 Å². The van der Waals surface area contributed by atoms with Gasteiger partial charge < -0.3 is 20.7 Å². The van der Waals surface area contributed by atoms with E-state index in [1.54, 1.807) is 12.1 Å². The van der Waals surface area contributed by atoms with Crippen LogP contribution < -0.4 is 20.7 Å². The zero-order chi connectivity index (χ0) is 19.4. The number of rotatable bonds is 5. The fourth-order valence-corrected chi connectivity index (χ4v) is 2.23. The van der Waals surface area contributed by atoms with E-state index in [1.807, 2.05) is 0 Å². The number of halogens is 3. The zero-order valence-electron chi connectivity index (χ0n) is 14.0. The number of nitrogens with one attached hydrogen (secondary N) is 3. The van der Waals surface area contributed by atoms with Gasteiger partial charge in [0.25, 0.3) is 5.91 Å². The molecule has 0 radical (unpaired) electrons. The van der Waals surface area contributed by atoms with E-state index in [4.69, 9.17) is 0 Å². The maximum Gasteiger partial charge on any atom is 0.573 e. The number of ether oxygens (including phenoxy) is 1. The Kier molecular flexibility index (Phi) is 5.20. The predicted molar refractivity (Wildman–Crippen MR) is 92.7 cm³/mol. The highest BCUT2D eigenvalue weighted by molar-refractivity contribution is 6.04. The molecule has 3 N–H and O–H groups in total. The van der Waals surface area contributed by atoms with Crippen LogP contribution in [-0.4, -0.2) is 24.3 Å². The molecule has 0 aliphatic heterocycles. The summed E-state index contributed by atoms with van der Waals surface area (Å²) in [6.07, 6.45) is -2.80. The summed E-state index contributed by atoms with van der Waals surface area (Å²) in [7, 11) is 0. The van der Waals surface area contributed by atoms with E-state index < -0.39 is 12.3 Å². The fraction of sp³-hybridized carbons (Fsp3) is 0.222. The highest BCUT2D eigenvalue weighted by Crippen LogP contribution is 2.24. The van der Waals surface area contributed by atoms with E-state index in [0.717, 1.165) is 25.0 Å². The van der Waals surface area contributed by atoms with E-state index in [9.17, 15) is 22.8 Å². The van der Waals surface area contributed by atoms with Crippen molar-refractivity contribution in [2.45, 2.75) is 25.2 Å². The van der Waals surface area contributed by atoms with Crippen LogP contribution in [0.4, 0.5) is 29.3 Å². The van der Waals surface area contributed by atoms with Gasteiger partial charge in [0.1, 0.15) is 5.75 Å². The van der Waals surface area contributed by atoms with Crippen LogP contribution in [0, 0.1) is 0 Å². The largest absolute Gasteiger partial charge is 0.573 e. The number of carbonyl (C=O) groups is 2. The number of amides is 3. The van der Waals surface area contributed by atoms with Gasteiger partial charge in [-0.25, -0.2) is 4.79 Å². The van der Waals surface area contributed by atoms with Crippen molar-refractivity contribution in [1.29, 1.82) is 0 Å². The highest BCUT2D eigenvalue weighted by Gasteiger charge is 2.31. The molecule has 3 amide bonds. The Morgan fingerprint density at radius 1 is 0.889 bits per heavy atom. The summed E-state index contributed by atoms with van der Waals surface area (Å²) in [6.45, 7) is 0. The first-order valence-electron chi connectivity index (χ1n) is 8.13. The Labute approximate surface area is 152 Å². The number of benzene rings is 2. The predicted octanol–water partition coefficient (Wildman–Crippen LogP) is 4.12. The molecular weight excluding hydrogens is 363 g/mol. The second kappa shape index (κ2) is 7.56. The molecule has 0 spiro atoms. The smallest absolute Gasteiger partial charge is 0.406 e. The van der Waals surface area contributed by atoms with Crippen LogP contribution in [-0.2, 0) is 0 Å². The topological polar surface area (TPSA) is 79.5 Å². The lowest BCUT2D eigenvalue weighted by atomic mass is 10.2.